The summed E-state index contributed by atoms with van der Waals surface area (Å²) in [4.78, 5) is 11.5. The summed E-state index contributed by atoms with van der Waals surface area (Å²) in [5.41, 5.74) is 0.985. The third kappa shape index (κ3) is 2.97. The summed E-state index contributed by atoms with van der Waals surface area (Å²) in [6, 6.07) is 10.1. The van der Waals surface area contributed by atoms with E-state index >= 15 is 0 Å². The molecule has 24 heavy (non-hydrogen) atoms. The Kier molecular flexibility index (Phi) is 4.13. The molecule has 0 radical (unpaired) electrons. The van der Waals surface area contributed by atoms with Crippen molar-refractivity contribution in [3.63, 3.8) is 0 Å². The second-order valence-corrected chi connectivity index (χ2v) is 6.26. The molecule has 1 aliphatic heterocycles. The molecule has 3 aromatic rings. The van der Waals surface area contributed by atoms with Crippen molar-refractivity contribution < 1.29 is 4.52 Å². The Hall–Kier alpha value is -2.47. The number of nitrogens with zero attached hydrogens (tertiary/aromatic N) is 5. The molecular weight excluding hydrogens is 302 g/mol. The van der Waals surface area contributed by atoms with E-state index < -0.39 is 0 Å². The van der Waals surface area contributed by atoms with Crippen molar-refractivity contribution in [2.75, 3.05) is 6.54 Å². The van der Waals surface area contributed by atoms with E-state index in [1.807, 2.05) is 49.8 Å². The van der Waals surface area contributed by atoms with Crippen LogP contribution in [-0.2, 0) is 13.6 Å². The van der Waals surface area contributed by atoms with E-state index in [1.165, 1.54) is 12.8 Å². The van der Waals surface area contributed by atoms with Crippen LogP contribution in [0, 0.1) is 0 Å². The van der Waals surface area contributed by atoms with Gasteiger partial charge >= 0.3 is 0 Å². The van der Waals surface area contributed by atoms with Crippen LogP contribution in [0.2, 0.25) is 0 Å². The molecule has 1 unspecified atom stereocenters. The Labute approximate surface area is 141 Å². The van der Waals surface area contributed by atoms with Crippen molar-refractivity contribution in [2.45, 2.75) is 31.8 Å². The van der Waals surface area contributed by atoms with E-state index in [9.17, 15) is 0 Å². The van der Waals surface area contributed by atoms with E-state index in [1.54, 1.807) is 0 Å². The Balaban J connectivity index is 1.57. The number of hydrogen-bond acceptors (Lipinski definition) is 5. The third-order valence-electron chi connectivity index (χ3n) is 4.64. The summed E-state index contributed by atoms with van der Waals surface area (Å²) in [6.45, 7) is 1.83. The van der Waals surface area contributed by atoms with Crippen molar-refractivity contribution >= 4 is 0 Å². The molecule has 0 aliphatic carbocycles. The summed E-state index contributed by atoms with van der Waals surface area (Å²) in [5.74, 6) is 2.43. The average Bonchev–Trinajstić information content (AvgIpc) is 3.26. The molecule has 3 heterocycles. The van der Waals surface area contributed by atoms with Gasteiger partial charge in [-0.15, -0.1) is 0 Å². The SMILES string of the molecule is Cn1ccnc1CN1CCCCC1c1nc(-c2ccccc2)no1. The first-order chi connectivity index (χ1) is 11.8. The van der Waals surface area contributed by atoms with Crippen molar-refractivity contribution in [1.82, 2.24) is 24.6 Å². The minimum Gasteiger partial charge on any atom is -0.337 e. The summed E-state index contributed by atoms with van der Waals surface area (Å²) in [5, 5.41) is 4.18. The maximum absolute atomic E-state index is 5.61. The van der Waals surface area contributed by atoms with Crippen LogP contribution in [0.1, 0.15) is 37.0 Å². The predicted octanol–water partition coefficient (Wildman–Crippen LogP) is 3.20. The lowest BCUT2D eigenvalue weighted by atomic mass is 10.0. The van der Waals surface area contributed by atoms with Gasteiger partial charge in [-0.3, -0.25) is 4.90 Å². The smallest absolute Gasteiger partial charge is 0.244 e. The molecule has 2 aromatic heterocycles. The minimum atomic E-state index is 0.167. The summed E-state index contributed by atoms with van der Waals surface area (Å²) >= 11 is 0. The summed E-state index contributed by atoms with van der Waals surface area (Å²) < 4.78 is 7.67. The van der Waals surface area contributed by atoms with Crippen molar-refractivity contribution in [3.05, 3.63) is 54.4 Å². The van der Waals surface area contributed by atoms with Gasteiger partial charge in [0, 0.05) is 25.0 Å². The van der Waals surface area contributed by atoms with Gasteiger partial charge in [-0.05, 0) is 19.4 Å². The number of rotatable bonds is 4. The highest BCUT2D eigenvalue weighted by Crippen LogP contribution is 2.32. The van der Waals surface area contributed by atoms with Gasteiger partial charge in [-0.25, -0.2) is 4.98 Å². The quantitative estimate of drug-likeness (QED) is 0.738. The number of imidazole rings is 1. The zero-order chi connectivity index (χ0) is 16.4. The van der Waals surface area contributed by atoms with Gasteiger partial charge in [0.15, 0.2) is 0 Å². The molecule has 0 spiro atoms. The van der Waals surface area contributed by atoms with E-state index in [2.05, 4.69) is 24.6 Å². The van der Waals surface area contributed by atoms with E-state index in [-0.39, 0.29) is 6.04 Å². The van der Waals surface area contributed by atoms with Gasteiger partial charge in [0.2, 0.25) is 11.7 Å². The molecular formula is C18H21N5O. The minimum absolute atomic E-state index is 0.167. The van der Waals surface area contributed by atoms with Gasteiger partial charge < -0.3 is 9.09 Å². The largest absolute Gasteiger partial charge is 0.337 e. The van der Waals surface area contributed by atoms with Crippen LogP contribution in [0.15, 0.2) is 47.2 Å². The molecule has 4 rings (SSSR count). The van der Waals surface area contributed by atoms with Crippen LogP contribution >= 0.6 is 0 Å². The van der Waals surface area contributed by atoms with Crippen molar-refractivity contribution in [1.29, 1.82) is 0 Å². The second-order valence-electron chi connectivity index (χ2n) is 6.26. The fourth-order valence-electron chi connectivity index (χ4n) is 3.27. The summed E-state index contributed by atoms with van der Waals surface area (Å²) in [6.07, 6.45) is 7.25. The zero-order valence-electron chi connectivity index (χ0n) is 13.8. The molecule has 0 amide bonds. The number of piperidine rings is 1. The number of benzene rings is 1. The van der Waals surface area contributed by atoms with E-state index in [0.29, 0.717) is 11.7 Å². The summed E-state index contributed by atoms with van der Waals surface area (Å²) in [7, 11) is 2.03. The van der Waals surface area contributed by atoms with Crippen LogP contribution in [-0.4, -0.2) is 31.1 Å². The molecule has 6 nitrogen and oxygen atoms in total. The number of hydrogen-bond donors (Lipinski definition) is 0. The van der Waals surface area contributed by atoms with Crippen LogP contribution in [0.25, 0.3) is 11.4 Å². The zero-order valence-corrected chi connectivity index (χ0v) is 13.8. The molecule has 1 aliphatic rings. The lowest BCUT2D eigenvalue weighted by Gasteiger charge is -2.32. The van der Waals surface area contributed by atoms with Gasteiger partial charge in [0.25, 0.3) is 0 Å². The lowest BCUT2D eigenvalue weighted by Crippen LogP contribution is -2.34. The molecule has 6 heteroatoms. The lowest BCUT2D eigenvalue weighted by molar-refractivity contribution is 0.107. The molecule has 1 fully saturated rings. The maximum atomic E-state index is 5.61. The normalized spacial score (nSPS) is 18.8. The first-order valence-corrected chi connectivity index (χ1v) is 8.40. The van der Waals surface area contributed by atoms with Crippen LogP contribution in [0.4, 0.5) is 0 Å². The first kappa shape index (κ1) is 15.1. The fraction of sp³-hybridized carbons (Fsp3) is 0.389. The number of aryl methyl sites for hydroxylation is 1. The van der Waals surface area contributed by atoms with E-state index in [0.717, 1.165) is 30.9 Å². The van der Waals surface area contributed by atoms with Crippen molar-refractivity contribution in [2.24, 2.45) is 7.05 Å². The van der Waals surface area contributed by atoms with Crippen LogP contribution in [0.5, 0.6) is 0 Å². The van der Waals surface area contributed by atoms with Crippen LogP contribution < -0.4 is 0 Å². The fourth-order valence-corrected chi connectivity index (χ4v) is 3.27. The standard InChI is InChI=1S/C18H21N5O/c1-22-12-10-19-16(22)13-23-11-6-5-9-15(23)18-20-17(21-24-18)14-7-3-2-4-8-14/h2-4,7-8,10,12,15H,5-6,9,11,13H2,1H3. The van der Waals surface area contributed by atoms with Crippen LogP contribution in [0.3, 0.4) is 0 Å². The molecule has 1 saturated heterocycles. The highest BCUT2D eigenvalue weighted by Gasteiger charge is 2.29. The topological polar surface area (TPSA) is 60.0 Å². The monoisotopic (exact) mass is 323 g/mol. The maximum Gasteiger partial charge on any atom is 0.244 e. The van der Waals surface area contributed by atoms with E-state index in [4.69, 9.17) is 4.52 Å². The first-order valence-electron chi connectivity index (χ1n) is 8.40. The van der Waals surface area contributed by atoms with Crippen molar-refractivity contribution in [3.8, 4) is 11.4 Å². The number of likely N-dealkylation sites (tertiary alicyclic amines) is 1. The van der Waals surface area contributed by atoms with Gasteiger partial charge in [0.05, 0.1) is 12.6 Å². The van der Waals surface area contributed by atoms with Gasteiger partial charge in [-0.2, -0.15) is 4.98 Å². The van der Waals surface area contributed by atoms with Gasteiger partial charge in [0.1, 0.15) is 5.82 Å². The molecule has 0 bridgehead atoms. The highest BCUT2D eigenvalue weighted by molar-refractivity contribution is 5.53. The Morgan fingerprint density at radius 3 is 2.88 bits per heavy atom. The Bertz CT molecular complexity index is 795. The molecule has 124 valence electrons. The predicted molar refractivity (Wildman–Crippen MR) is 89.9 cm³/mol. The third-order valence-corrected chi connectivity index (χ3v) is 4.64. The molecule has 0 N–H and O–H groups in total. The highest BCUT2D eigenvalue weighted by atomic mass is 16.5. The molecule has 1 aromatic carbocycles. The molecule has 1 atom stereocenters. The second kappa shape index (κ2) is 6.57. The Morgan fingerprint density at radius 2 is 2.08 bits per heavy atom. The average molecular weight is 323 g/mol. The number of aromatic nitrogens is 4. The molecule has 0 saturated carbocycles. The Morgan fingerprint density at radius 1 is 1.21 bits per heavy atom. The van der Waals surface area contributed by atoms with Gasteiger partial charge in [-0.1, -0.05) is 41.9 Å².